The van der Waals surface area contributed by atoms with Crippen LogP contribution in [-0.4, -0.2) is 53.9 Å². The topological polar surface area (TPSA) is 57.5 Å². The van der Waals surface area contributed by atoms with Crippen molar-refractivity contribution in [2.24, 2.45) is 10.9 Å². The molecule has 160 valence electrons. The quantitative estimate of drug-likeness (QED) is 0.355. The van der Waals surface area contributed by atoms with Crippen LogP contribution >= 0.6 is 24.0 Å². The summed E-state index contributed by atoms with van der Waals surface area (Å²) in [6, 6.07) is 10.5. The molecule has 1 aliphatic rings. The molecule has 0 bridgehead atoms. The zero-order valence-corrected chi connectivity index (χ0v) is 20.4. The fourth-order valence-electron chi connectivity index (χ4n) is 3.96. The third-order valence-electron chi connectivity index (χ3n) is 5.36. The summed E-state index contributed by atoms with van der Waals surface area (Å²) in [5.74, 6) is 1.66. The van der Waals surface area contributed by atoms with Crippen molar-refractivity contribution in [2.45, 2.75) is 40.2 Å². The Hall–Kier alpha value is -1.61. The number of aryl methyl sites for hydroxylation is 2. The van der Waals surface area contributed by atoms with Crippen molar-refractivity contribution in [3.63, 3.8) is 0 Å². The van der Waals surface area contributed by atoms with Crippen LogP contribution in [0.1, 0.15) is 36.7 Å². The molecule has 1 aromatic heterocycles. The predicted octanol–water partition coefficient (Wildman–Crippen LogP) is 3.50. The Balaban J connectivity index is 0.00000300. The summed E-state index contributed by atoms with van der Waals surface area (Å²) in [7, 11) is 1.82. The summed E-state index contributed by atoms with van der Waals surface area (Å²) in [6.07, 6.45) is 2.68. The van der Waals surface area contributed by atoms with Gasteiger partial charge in [-0.25, -0.2) is 4.68 Å². The Labute approximate surface area is 192 Å². The second-order valence-electron chi connectivity index (χ2n) is 7.87. The largest absolute Gasteiger partial charge is 0.355 e. The first-order valence-electron chi connectivity index (χ1n) is 10.3. The van der Waals surface area contributed by atoms with Crippen LogP contribution in [0.3, 0.4) is 0 Å². The van der Waals surface area contributed by atoms with Crippen molar-refractivity contribution in [3.8, 4) is 5.69 Å². The van der Waals surface area contributed by atoms with E-state index in [4.69, 9.17) is 0 Å². The normalized spacial score (nSPS) is 17.7. The van der Waals surface area contributed by atoms with Gasteiger partial charge in [0.25, 0.3) is 0 Å². The minimum Gasteiger partial charge on any atom is -0.355 e. The van der Waals surface area contributed by atoms with Gasteiger partial charge in [-0.3, -0.25) is 4.99 Å². The van der Waals surface area contributed by atoms with Gasteiger partial charge in [0.05, 0.1) is 11.4 Å². The van der Waals surface area contributed by atoms with E-state index >= 15 is 0 Å². The highest BCUT2D eigenvalue weighted by molar-refractivity contribution is 14.0. The summed E-state index contributed by atoms with van der Waals surface area (Å²) in [5, 5.41) is 11.5. The molecule has 1 fully saturated rings. The third-order valence-corrected chi connectivity index (χ3v) is 5.36. The lowest BCUT2D eigenvalue weighted by atomic mass is 10.0. The molecule has 2 aromatic rings. The summed E-state index contributed by atoms with van der Waals surface area (Å²) in [6.45, 7) is 11.6. The summed E-state index contributed by atoms with van der Waals surface area (Å²) in [4.78, 5) is 6.93. The van der Waals surface area contributed by atoms with Gasteiger partial charge in [0, 0.05) is 38.9 Å². The van der Waals surface area contributed by atoms with Gasteiger partial charge in [-0.1, -0.05) is 25.1 Å². The molecule has 2 heterocycles. The molecule has 2 N–H and O–H groups in total. The molecule has 1 aliphatic heterocycles. The van der Waals surface area contributed by atoms with E-state index in [1.54, 1.807) is 0 Å². The van der Waals surface area contributed by atoms with Gasteiger partial charge in [-0.2, -0.15) is 5.10 Å². The maximum atomic E-state index is 4.63. The van der Waals surface area contributed by atoms with Crippen molar-refractivity contribution in [1.29, 1.82) is 0 Å². The fraction of sp³-hybridized carbons (Fsp3) is 0.545. The number of guanidine groups is 1. The average molecular weight is 510 g/mol. The van der Waals surface area contributed by atoms with Gasteiger partial charge in [0.2, 0.25) is 0 Å². The van der Waals surface area contributed by atoms with Crippen LogP contribution in [0.4, 0.5) is 0 Å². The number of hydrogen-bond donors (Lipinski definition) is 2. The molecule has 1 unspecified atom stereocenters. The molecular weight excluding hydrogens is 475 g/mol. The van der Waals surface area contributed by atoms with E-state index in [2.05, 4.69) is 69.8 Å². The zero-order valence-electron chi connectivity index (χ0n) is 18.1. The van der Waals surface area contributed by atoms with Crippen molar-refractivity contribution in [1.82, 2.24) is 25.3 Å². The Bertz CT molecular complexity index is 800. The van der Waals surface area contributed by atoms with Crippen molar-refractivity contribution in [3.05, 3.63) is 47.3 Å². The average Bonchev–Trinajstić information content (AvgIpc) is 3.02. The number of piperidine rings is 1. The second-order valence-corrected chi connectivity index (χ2v) is 7.87. The minimum absolute atomic E-state index is 0. The molecule has 7 heteroatoms. The number of hydrogen-bond acceptors (Lipinski definition) is 3. The minimum atomic E-state index is 0. The molecule has 1 saturated heterocycles. The zero-order chi connectivity index (χ0) is 19.9. The van der Waals surface area contributed by atoms with Crippen LogP contribution in [0.15, 0.2) is 35.3 Å². The summed E-state index contributed by atoms with van der Waals surface area (Å²) in [5.41, 5.74) is 4.48. The monoisotopic (exact) mass is 510 g/mol. The first-order valence-corrected chi connectivity index (χ1v) is 10.3. The highest BCUT2D eigenvalue weighted by Crippen LogP contribution is 2.17. The number of likely N-dealkylation sites (tertiary alicyclic amines) is 1. The lowest BCUT2D eigenvalue weighted by molar-refractivity contribution is 0.187. The first-order chi connectivity index (χ1) is 13.6. The van der Waals surface area contributed by atoms with Gasteiger partial charge in [0.15, 0.2) is 5.96 Å². The number of halogens is 1. The number of nitrogens with one attached hydrogen (secondary N) is 2. The molecule has 0 aliphatic carbocycles. The molecular formula is C22H35IN6. The number of benzene rings is 1. The van der Waals surface area contributed by atoms with Gasteiger partial charge in [-0.05, 0) is 56.8 Å². The predicted molar refractivity (Wildman–Crippen MR) is 131 cm³/mol. The number of aliphatic imine (C=N–C) groups is 1. The lowest BCUT2D eigenvalue weighted by Crippen LogP contribution is -2.43. The maximum Gasteiger partial charge on any atom is 0.191 e. The first kappa shape index (κ1) is 23.7. The van der Waals surface area contributed by atoms with Crippen LogP contribution in [-0.2, 0) is 6.54 Å². The Morgan fingerprint density at radius 2 is 2.03 bits per heavy atom. The highest BCUT2D eigenvalue weighted by Gasteiger charge is 2.15. The number of aromatic nitrogens is 2. The van der Waals surface area contributed by atoms with Gasteiger partial charge >= 0.3 is 0 Å². The highest BCUT2D eigenvalue weighted by atomic mass is 127. The number of para-hydroxylation sites is 1. The van der Waals surface area contributed by atoms with E-state index in [0.717, 1.165) is 42.0 Å². The van der Waals surface area contributed by atoms with Gasteiger partial charge in [0.1, 0.15) is 0 Å². The summed E-state index contributed by atoms with van der Waals surface area (Å²) >= 11 is 0. The third kappa shape index (κ3) is 6.70. The van der Waals surface area contributed by atoms with E-state index in [9.17, 15) is 0 Å². The van der Waals surface area contributed by atoms with Crippen molar-refractivity contribution >= 4 is 29.9 Å². The lowest BCUT2D eigenvalue weighted by Gasteiger charge is -2.30. The van der Waals surface area contributed by atoms with Crippen LogP contribution < -0.4 is 10.6 Å². The number of rotatable bonds is 6. The van der Waals surface area contributed by atoms with Crippen LogP contribution in [0, 0.1) is 19.8 Å². The fourth-order valence-corrected chi connectivity index (χ4v) is 3.96. The van der Waals surface area contributed by atoms with Crippen LogP contribution in [0.2, 0.25) is 0 Å². The Morgan fingerprint density at radius 3 is 2.72 bits per heavy atom. The van der Waals surface area contributed by atoms with Gasteiger partial charge < -0.3 is 15.5 Å². The SMILES string of the molecule is CN=C(NCCN1CCCC(C)C1)NCc1ccccc1-n1nc(C)cc1C.I. The summed E-state index contributed by atoms with van der Waals surface area (Å²) < 4.78 is 2.01. The van der Waals surface area contributed by atoms with Crippen LogP contribution in [0.5, 0.6) is 0 Å². The number of nitrogens with zero attached hydrogens (tertiary/aromatic N) is 4. The maximum absolute atomic E-state index is 4.63. The van der Waals surface area contributed by atoms with E-state index in [1.807, 2.05) is 18.7 Å². The molecule has 0 radical (unpaired) electrons. The molecule has 1 aromatic carbocycles. The second kappa shape index (κ2) is 11.5. The van der Waals surface area contributed by atoms with Gasteiger partial charge in [-0.15, -0.1) is 24.0 Å². The molecule has 6 nitrogen and oxygen atoms in total. The van der Waals surface area contributed by atoms with Crippen LogP contribution in [0.25, 0.3) is 5.69 Å². The molecule has 1 atom stereocenters. The Morgan fingerprint density at radius 1 is 1.24 bits per heavy atom. The van der Waals surface area contributed by atoms with E-state index in [1.165, 1.54) is 31.5 Å². The molecule has 0 saturated carbocycles. The van der Waals surface area contributed by atoms with E-state index < -0.39 is 0 Å². The Kier molecular flexibility index (Phi) is 9.42. The van der Waals surface area contributed by atoms with E-state index in [-0.39, 0.29) is 24.0 Å². The van der Waals surface area contributed by atoms with E-state index in [0.29, 0.717) is 6.54 Å². The molecule has 3 rings (SSSR count). The molecule has 0 spiro atoms. The van der Waals surface area contributed by atoms with Crippen molar-refractivity contribution < 1.29 is 0 Å². The molecule has 0 amide bonds. The standard InChI is InChI=1S/C22H34N6.HI/c1-17-8-7-12-27(16-17)13-11-24-22(23-4)25-15-20-9-5-6-10-21(20)28-19(3)14-18(2)26-28;/h5-6,9-10,14,17H,7-8,11-13,15-16H2,1-4H3,(H2,23,24,25);1H. The van der Waals surface area contributed by atoms with Crippen molar-refractivity contribution in [2.75, 3.05) is 33.2 Å². The molecule has 29 heavy (non-hydrogen) atoms. The smallest absolute Gasteiger partial charge is 0.191 e.